The maximum Gasteiger partial charge on any atom is 0.418 e. The van der Waals surface area contributed by atoms with E-state index in [1.54, 1.807) is 6.07 Å². The number of nitrogens with zero attached hydrogens (tertiary/aromatic N) is 4. The molecule has 1 aliphatic rings. The molecule has 1 fully saturated rings. The number of fused-ring (bicyclic) bond motifs is 1. The molecule has 5 nitrogen and oxygen atoms in total. The summed E-state index contributed by atoms with van der Waals surface area (Å²) >= 11 is 0. The lowest BCUT2D eigenvalue weighted by molar-refractivity contribution is -0.138. The van der Waals surface area contributed by atoms with Crippen LogP contribution in [0.2, 0.25) is 0 Å². The van der Waals surface area contributed by atoms with E-state index < -0.39 is 35.6 Å². The molecule has 0 unspecified atom stereocenters. The van der Waals surface area contributed by atoms with E-state index in [4.69, 9.17) is 0 Å². The lowest BCUT2D eigenvalue weighted by atomic mass is 9.75. The van der Waals surface area contributed by atoms with Crippen molar-refractivity contribution in [3.05, 3.63) is 105 Å². The largest absolute Gasteiger partial charge is 0.418 e. The van der Waals surface area contributed by atoms with Crippen LogP contribution in [0.3, 0.4) is 0 Å². The standard InChI is InChI=1S/C29H24F6N4O/c1-16-4-2-6-22(30)26(16)18-9-7-17(8-10-18)20-13-23-27(38-19(14-37-23)12-25(31)32)39(28(20)40)15-24-21(29(33,34)35)5-3-11-36-24/h2-6,11-14,17-18H,7-10,15H2,1H3. The van der Waals surface area contributed by atoms with Crippen molar-refractivity contribution in [1.29, 1.82) is 0 Å². The van der Waals surface area contributed by atoms with Crippen molar-refractivity contribution < 1.29 is 26.3 Å². The van der Waals surface area contributed by atoms with Crippen LogP contribution in [0.25, 0.3) is 17.2 Å². The van der Waals surface area contributed by atoms with Crippen LogP contribution >= 0.6 is 0 Å². The van der Waals surface area contributed by atoms with Crippen molar-refractivity contribution >= 4 is 17.2 Å². The summed E-state index contributed by atoms with van der Waals surface area (Å²) in [5.41, 5.74) is -0.334. The lowest BCUT2D eigenvalue weighted by Gasteiger charge is -2.30. The van der Waals surface area contributed by atoms with Crippen molar-refractivity contribution in [3.8, 4) is 0 Å². The molecule has 40 heavy (non-hydrogen) atoms. The van der Waals surface area contributed by atoms with Crippen LogP contribution in [0.5, 0.6) is 0 Å². The van der Waals surface area contributed by atoms with Crippen LogP contribution in [-0.4, -0.2) is 19.5 Å². The van der Waals surface area contributed by atoms with Gasteiger partial charge in [0.05, 0.1) is 29.7 Å². The summed E-state index contributed by atoms with van der Waals surface area (Å²) in [5, 5.41) is 0. The zero-order valence-corrected chi connectivity index (χ0v) is 21.4. The first-order valence-electron chi connectivity index (χ1n) is 12.7. The maximum atomic E-state index is 14.6. The molecule has 208 valence electrons. The number of alkyl halides is 3. The molecule has 0 radical (unpaired) electrons. The Hall–Kier alpha value is -4.02. The highest BCUT2D eigenvalue weighted by Gasteiger charge is 2.34. The van der Waals surface area contributed by atoms with Gasteiger partial charge >= 0.3 is 6.18 Å². The smallest absolute Gasteiger partial charge is 0.285 e. The van der Waals surface area contributed by atoms with Crippen LogP contribution in [0, 0.1) is 12.7 Å². The van der Waals surface area contributed by atoms with Crippen LogP contribution in [0.1, 0.15) is 71.2 Å². The Bertz CT molecular complexity index is 1630. The number of aryl methyl sites for hydroxylation is 1. The summed E-state index contributed by atoms with van der Waals surface area (Å²) < 4.78 is 82.5. The summed E-state index contributed by atoms with van der Waals surface area (Å²) in [4.78, 5) is 26.0. The van der Waals surface area contributed by atoms with E-state index in [2.05, 4.69) is 15.0 Å². The summed E-state index contributed by atoms with van der Waals surface area (Å²) in [5.74, 6) is -0.535. The SMILES string of the molecule is Cc1cccc(F)c1C1CCC(c2cc3ncc(C=C(F)F)nc3n(Cc3ncccc3C(F)(F)F)c2=O)CC1. The molecule has 0 N–H and O–H groups in total. The van der Waals surface area contributed by atoms with Crippen LogP contribution in [0.4, 0.5) is 26.3 Å². The number of rotatable bonds is 5. The summed E-state index contributed by atoms with van der Waals surface area (Å²) in [6.07, 6.45) is -1.66. The Balaban J connectivity index is 1.57. The van der Waals surface area contributed by atoms with Gasteiger partial charge in [-0.15, -0.1) is 0 Å². The predicted octanol–water partition coefficient (Wildman–Crippen LogP) is 7.38. The molecule has 5 rings (SSSR count). The first kappa shape index (κ1) is 27.5. The molecule has 0 aliphatic heterocycles. The third-order valence-corrected chi connectivity index (χ3v) is 7.45. The zero-order valence-electron chi connectivity index (χ0n) is 21.4. The van der Waals surface area contributed by atoms with Gasteiger partial charge in [-0.1, -0.05) is 12.1 Å². The molecule has 0 spiro atoms. The Kier molecular flexibility index (Phi) is 7.48. The Morgan fingerprint density at radius 1 is 1.05 bits per heavy atom. The number of aromatic nitrogens is 4. The van der Waals surface area contributed by atoms with E-state index >= 15 is 0 Å². The third kappa shape index (κ3) is 5.50. The van der Waals surface area contributed by atoms with Crippen molar-refractivity contribution in [2.45, 2.75) is 57.2 Å². The van der Waals surface area contributed by atoms with Gasteiger partial charge in [0.1, 0.15) is 11.3 Å². The molecule has 3 heterocycles. The molecular formula is C29H24F6N4O. The number of benzene rings is 1. The minimum absolute atomic E-state index is 0.0206. The van der Waals surface area contributed by atoms with Gasteiger partial charge in [0.2, 0.25) is 0 Å². The zero-order chi connectivity index (χ0) is 28.6. The van der Waals surface area contributed by atoms with Crippen molar-refractivity contribution in [3.63, 3.8) is 0 Å². The van der Waals surface area contributed by atoms with Gasteiger partial charge < -0.3 is 0 Å². The molecular weight excluding hydrogens is 534 g/mol. The van der Waals surface area contributed by atoms with E-state index in [1.807, 2.05) is 13.0 Å². The monoisotopic (exact) mass is 558 g/mol. The highest BCUT2D eigenvalue weighted by molar-refractivity contribution is 5.72. The van der Waals surface area contributed by atoms with E-state index in [0.29, 0.717) is 42.9 Å². The van der Waals surface area contributed by atoms with Gasteiger partial charge in [-0.2, -0.15) is 22.0 Å². The summed E-state index contributed by atoms with van der Waals surface area (Å²) in [7, 11) is 0. The highest BCUT2D eigenvalue weighted by Crippen LogP contribution is 2.42. The van der Waals surface area contributed by atoms with Gasteiger partial charge in [0, 0.05) is 17.8 Å². The summed E-state index contributed by atoms with van der Waals surface area (Å²) in [6, 6.07) is 8.49. The minimum Gasteiger partial charge on any atom is -0.285 e. The molecule has 1 aliphatic carbocycles. The normalized spacial score (nSPS) is 17.7. The van der Waals surface area contributed by atoms with Crippen LogP contribution < -0.4 is 5.56 Å². The number of pyridine rings is 2. The first-order chi connectivity index (χ1) is 19.0. The van der Waals surface area contributed by atoms with E-state index in [-0.39, 0.29) is 34.5 Å². The third-order valence-electron chi connectivity index (χ3n) is 7.45. The fourth-order valence-corrected chi connectivity index (χ4v) is 5.61. The van der Waals surface area contributed by atoms with Crippen LogP contribution in [-0.2, 0) is 12.7 Å². The van der Waals surface area contributed by atoms with Gasteiger partial charge in [-0.25, -0.2) is 9.37 Å². The average Bonchev–Trinajstić information content (AvgIpc) is 2.90. The molecule has 3 aromatic heterocycles. The molecule has 11 heteroatoms. The van der Waals surface area contributed by atoms with Crippen LogP contribution in [0.15, 0.2) is 59.7 Å². The second-order valence-electron chi connectivity index (χ2n) is 9.94. The highest BCUT2D eigenvalue weighted by atomic mass is 19.4. The van der Waals surface area contributed by atoms with Gasteiger partial charge in [0.25, 0.3) is 11.6 Å². The van der Waals surface area contributed by atoms with E-state index in [9.17, 15) is 31.1 Å². The number of hydrogen-bond acceptors (Lipinski definition) is 4. The molecule has 0 atom stereocenters. The fourth-order valence-electron chi connectivity index (χ4n) is 5.61. The lowest BCUT2D eigenvalue weighted by Crippen LogP contribution is -2.29. The Morgan fingerprint density at radius 3 is 2.45 bits per heavy atom. The molecule has 4 aromatic rings. The quantitative estimate of drug-likeness (QED) is 0.240. The van der Waals surface area contributed by atoms with Crippen molar-refractivity contribution in [2.75, 3.05) is 0 Å². The van der Waals surface area contributed by atoms with Crippen molar-refractivity contribution in [1.82, 2.24) is 19.5 Å². The second kappa shape index (κ2) is 10.9. The number of halogens is 6. The second-order valence-corrected chi connectivity index (χ2v) is 9.94. The molecule has 0 saturated heterocycles. The summed E-state index contributed by atoms with van der Waals surface area (Å²) in [6.45, 7) is 1.28. The Morgan fingerprint density at radius 2 is 1.77 bits per heavy atom. The number of hydrogen-bond donors (Lipinski definition) is 0. The minimum atomic E-state index is -4.72. The van der Waals surface area contributed by atoms with Gasteiger partial charge in [-0.3, -0.25) is 19.3 Å². The average molecular weight is 559 g/mol. The first-order valence-corrected chi connectivity index (χ1v) is 12.7. The van der Waals surface area contributed by atoms with E-state index in [0.717, 1.165) is 28.5 Å². The fraction of sp³-hybridized carbons (Fsp3) is 0.310. The molecule has 1 aromatic carbocycles. The Labute approximate surface area is 225 Å². The molecule has 1 saturated carbocycles. The van der Waals surface area contributed by atoms with Gasteiger partial charge in [0.15, 0.2) is 5.65 Å². The van der Waals surface area contributed by atoms with Crippen molar-refractivity contribution in [2.24, 2.45) is 0 Å². The molecule has 0 bridgehead atoms. The topological polar surface area (TPSA) is 60.7 Å². The molecule has 0 amide bonds. The maximum absolute atomic E-state index is 14.6. The van der Waals surface area contributed by atoms with E-state index in [1.165, 1.54) is 18.3 Å². The van der Waals surface area contributed by atoms with Gasteiger partial charge in [-0.05, 0) is 79.8 Å². The predicted molar refractivity (Wildman–Crippen MR) is 137 cm³/mol.